The van der Waals surface area contributed by atoms with Crippen LogP contribution in [-0.4, -0.2) is 14.5 Å². The lowest BCUT2D eigenvalue weighted by molar-refractivity contribution is 0.661. The van der Waals surface area contributed by atoms with Gasteiger partial charge in [0.15, 0.2) is 0 Å². The SMILES string of the molecule is CC1(C)c2cc3c(cc2-c2c1ccc1ccccc21)c1ccccc1n3-c1ncc(-c2cc(-c3ccccc3)cc(-c3ccccc3)c2)cn1. The van der Waals surface area contributed by atoms with Crippen LogP contribution in [0.2, 0.25) is 0 Å². The van der Waals surface area contributed by atoms with Crippen molar-refractivity contribution in [2.45, 2.75) is 19.3 Å². The van der Waals surface area contributed by atoms with Crippen molar-refractivity contribution in [3.8, 4) is 50.5 Å². The van der Waals surface area contributed by atoms with Crippen LogP contribution in [0.1, 0.15) is 25.0 Å². The topological polar surface area (TPSA) is 30.7 Å². The molecule has 0 amide bonds. The molecule has 0 atom stereocenters. The van der Waals surface area contributed by atoms with Gasteiger partial charge in [0.25, 0.3) is 0 Å². The van der Waals surface area contributed by atoms with Crippen LogP contribution < -0.4 is 0 Å². The minimum atomic E-state index is -0.144. The van der Waals surface area contributed by atoms with Crippen molar-refractivity contribution < 1.29 is 0 Å². The second-order valence-electron chi connectivity index (χ2n) is 13.9. The van der Waals surface area contributed by atoms with E-state index in [1.54, 1.807) is 0 Å². The Bertz CT molecular complexity index is 2700. The Morgan fingerprint density at radius 3 is 1.70 bits per heavy atom. The number of hydrogen-bond acceptors (Lipinski definition) is 2. The molecule has 50 heavy (non-hydrogen) atoms. The number of rotatable bonds is 4. The third-order valence-corrected chi connectivity index (χ3v) is 10.7. The fraction of sp³-hybridized carbons (Fsp3) is 0.0638. The summed E-state index contributed by atoms with van der Waals surface area (Å²) in [4.78, 5) is 10.1. The van der Waals surface area contributed by atoms with Gasteiger partial charge in [0.2, 0.25) is 5.95 Å². The van der Waals surface area contributed by atoms with Crippen molar-refractivity contribution in [3.05, 3.63) is 175 Å². The standard InChI is InChI=1S/C47H33N3/c1-47(2)41-22-21-32-17-9-10-18-37(32)45(41)40-26-39-38-19-11-12-20-43(38)50(44(39)27-42(40)47)46-48-28-36(29-49-46)35-24-33(30-13-5-3-6-14-30)23-34(25-35)31-15-7-4-8-16-31/h3-29H,1-2H3. The molecule has 3 nitrogen and oxygen atoms in total. The van der Waals surface area contributed by atoms with E-state index in [9.17, 15) is 0 Å². The summed E-state index contributed by atoms with van der Waals surface area (Å²) in [5.74, 6) is 0.668. The fourth-order valence-electron chi connectivity index (χ4n) is 8.16. The van der Waals surface area contributed by atoms with Gasteiger partial charge in [-0.15, -0.1) is 0 Å². The van der Waals surface area contributed by atoms with Gasteiger partial charge < -0.3 is 0 Å². The average molecular weight is 640 g/mol. The van der Waals surface area contributed by atoms with E-state index >= 15 is 0 Å². The minimum Gasteiger partial charge on any atom is -0.278 e. The van der Waals surface area contributed by atoms with Crippen LogP contribution in [0.3, 0.4) is 0 Å². The first-order valence-corrected chi connectivity index (χ1v) is 17.2. The largest absolute Gasteiger partial charge is 0.278 e. The summed E-state index contributed by atoms with van der Waals surface area (Å²) in [6.07, 6.45) is 3.95. The molecule has 0 N–H and O–H groups in total. The van der Waals surface area contributed by atoms with Gasteiger partial charge in [0.1, 0.15) is 0 Å². The van der Waals surface area contributed by atoms with Gasteiger partial charge in [-0.1, -0.05) is 129 Å². The summed E-state index contributed by atoms with van der Waals surface area (Å²) in [6.45, 7) is 4.70. The maximum Gasteiger partial charge on any atom is 0.234 e. The lowest BCUT2D eigenvalue weighted by atomic mass is 9.82. The van der Waals surface area contributed by atoms with Crippen molar-refractivity contribution in [1.29, 1.82) is 0 Å². The van der Waals surface area contributed by atoms with Crippen LogP contribution in [0.25, 0.3) is 83.0 Å². The molecule has 0 saturated heterocycles. The Balaban J connectivity index is 1.14. The number of nitrogens with zero attached hydrogens (tertiary/aromatic N) is 3. The van der Waals surface area contributed by atoms with Crippen molar-refractivity contribution in [2.75, 3.05) is 0 Å². The van der Waals surface area contributed by atoms with Gasteiger partial charge >= 0.3 is 0 Å². The highest BCUT2D eigenvalue weighted by atomic mass is 15.1. The van der Waals surface area contributed by atoms with E-state index in [-0.39, 0.29) is 5.41 Å². The lowest BCUT2D eigenvalue weighted by Crippen LogP contribution is -2.15. The first-order valence-electron chi connectivity index (χ1n) is 17.2. The molecule has 0 spiro atoms. The van der Waals surface area contributed by atoms with Crippen LogP contribution in [0.4, 0.5) is 0 Å². The summed E-state index contributed by atoms with van der Waals surface area (Å²) in [5.41, 5.74) is 14.2. The van der Waals surface area contributed by atoms with Gasteiger partial charge in [-0.05, 0) is 97.2 Å². The smallest absolute Gasteiger partial charge is 0.234 e. The van der Waals surface area contributed by atoms with Crippen LogP contribution in [0.5, 0.6) is 0 Å². The molecule has 0 unspecified atom stereocenters. The zero-order valence-electron chi connectivity index (χ0n) is 27.9. The predicted molar refractivity (Wildman–Crippen MR) is 208 cm³/mol. The Kier molecular flexibility index (Phi) is 6.22. The third kappa shape index (κ3) is 4.30. The van der Waals surface area contributed by atoms with E-state index in [1.807, 2.05) is 12.4 Å². The predicted octanol–water partition coefficient (Wildman–Crippen LogP) is 12.0. The van der Waals surface area contributed by atoms with Gasteiger partial charge in [-0.3, -0.25) is 4.57 Å². The molecule has 2 aromatic heterocycles. The summed E-state index contributed by atoms with van der Waals surface area (Å²) < 4.78 is 2.24. The van der Waals surface area contributed by atoms with E-state index < -0.39 is 0 Å². The second kappa shape index (κ2) is 10.8. The molecule has 236 valence electrons. The third-order valence-electron chi connectivity index (χ3n) is 10.7. The summed E-state index contributed by atoms with van der Waals surface area (Å²) in [5, 5.41) is 5.00. The van der Waals surface area contributed by atoms with Gasteiger partial charge in [-0.25, -0.2) is 9.97 Å². The van der Waals surface area contributed by atoms with Crippen LogP contribution in [-0.2, 0) is 5.41 Å². The molecule has 10 rings (SSSR count). The van der Waals surface area contributed by atoms with Gasteiger partial charge in [0.05, 0.1) is 11.0 Å². The van der Waals surface area contributed by atoms with E-state index in [0.29, 0.717) is 5.95 Å². The highest BCUT2D eigenvalue weighted by Gasteiger charge is 2.37. The molecule has 0 radical (unpaired) electrons. The second-order valence-corrected chi connectivity index (χ2v) is 13.9. The fourth-order valence-corrected chi connectivity index (χ4v) is 8.16. The van der Waals surface area contributed by atoms with Gasteiger partial charge in [-0.2, -0.15) is 0 Å². The van der Waals surface area contributed by atoms with E-state index in [2.05, 4.69) is 170 Å². The number of hydrogen-bond donors (Lipinski definition) is 0. The first kappa shape index (κ1) is 28.7. The van der Waals surface area contributed by atoms with Crippen LogP contribution in [0.15, 0.2) is 164 Å². The quantitative estimate of drug-likeness (QED) is 0.192. The number of aromatic nitrogens is 3. The van der Waals surface area contributed by atoms with Crippen LogP contribution >= 0.6 is 0 Å². The summed E-state index contributed by atoms with van der Waals surface area (Å²) in [6, 6.07) is 54.7. The van der Waals surface area contributed by atoms with Crippen LogP contribution in [0, 0.1) is 0 Å². The van der Waals surface area contributed by atoms with E-state index in [1.165, 1.54) is 66.1 Å². The molecule has 2 heterocycles. The summed E-state index contributed by atoms with van der Waals surface area (Å²) >= 11 is 0. The van der Waals surface area contributed by atoms with Crippen molar-refractivity contribution >= 4 is 32.6 Å². The van der Waals surface area contributed by atoms with Crippen molar-refractivity contribution in [2.24, 2.45) is 0 Å². The van der Waals surface area contributed by atoms with E-state index in [0.717, 1.165) is 22.2 Å². The molecule has 1 aliphatic carbocycles. The molecule has 0 saturated carbocycles. The van der Waals surface area contributed by atoms with Crippen molar-refractivity contribution in [1.82, 2.24) is 14.5 Å². The maximum atomic E-state index is 5.06. The molecule has 0 bridgehead atoms. The average Bonchev–Trinajstić information content (AvgIpc) is 3.62. The Morgan fingerprint density at radius 1 is 0.440 bits per heavy atom. The van der Waals surface area contributed by atoms with Crippen molar-refractivity contribution in [3.63, 3.8) is 0 Å². The number of para-hydroxylation sites is 1. The Labute approximate surface area is 291 Å². The molecule has 0 aliphatic heterocycles. The Hall–Kier alpha value is -6.32. The molecular formula is C47H33N3. The highest BCUT2D eigenvalue weighted by Crippen LogP contribution is 2.53. The molecule has 0 fully saturated rings. The normalized spacial score (nSPS) is 13.2. The highest BCUT2D eigenvalue weighted by molar-refractivity contribution is 6.13. The van der Waals surface area contributed by atoms with E-state index in [4.69, 9.17) is 9.97 Å². The maximum absolute atomic E-state index is 5.06. The summed E-state index contributed by atoms with van der Waals surface area (Å²) in [7, 11) is 0. The zero-order valence-corrected chi connectivity index (χ0v) is 27.9. The number of benzene rings is 7. The molecular weight excluding hydrogens is 607 g/mol. The molecule has 1 aliphatic rings. The zero-order chi connectivity index (χ0) is 33.4. The Morgan fingerprint density at radius 2 is 1.02 bits per heavy atom. The number of fused-ring (bicyclic) bond motifs is 8. The monoisotopic (exact) mass is 639 g/mol. The molecule has 3 heteroatoms. The first-order chi connectivity index (χ1) is 24.5. The molecule has 7 aromatic carbocycles. The molecule has 9 aromatic rings. The van der Waals surface area contributed by atoms with Gasteiger partial charge in [0, 0.05) is 34.1 Å². The lowest BCUT2D eigenvalue weighted by Gasteiger charge is -2.22. The minimum absolute atomic E-state index is 0.144.